The zero-order valence-electron chi connectivity index (χ0n) is 10.5. The molecule has 0 fully saturated rings. The molecule has 0 spiro atoms. The number of nitrogens with one attached hydrogen (secondary N) is 1. The van der Waals surface area contributed by atoms with Crippen LogP contribution in [0, 0.1) is 12.3 Å². The summed E-state index contributed by atoms with van der Waals surface area (Å²) in [5.41, 5.74) is 0.933. The molecule has 1 rings (SSSR count). The second-order valence-electron chi connectivity index (χ2n) is 3.85. The van der Waals surface area contributed by atoms with Crippen LogP contribution in [0.15, 0.2) is 24.3 Å². The fraction of sp³-hybridized carbons (Fsp3) is 0.286. The molecular formula is C14H14NO3S. The van der Waals surface area contributed by atoms with Crippen molar-refractivity contribution in [3.63, 3.8) is 0 Å². The van der Waals surface area contributed by atoms with E-state index in [4.69, 9.17) is 11.5 Å². The Morgan fingerprint density at radius 3 is 2.53 bits per heavy atom. The zero-order valence-corrected chi connectivity index (χ0v) is 11.3. The molecule has 1 unspecified atom stereocenters. The number of thioether (sulfide) groups is 1. The second-order valence-corrected chi connectivity index (χ2v) is 4.83. The standard InChI is InChI=1S/C14H14NO3S/c1-3-10-4-6-11(7-5-10)13(16)15-12(14(17)18)8-9-19-2/h4-7,12H,8-9H2,2H3,(H,15,16)(H,17,18). The van der Waals surface area contributed by atoms with E-state index >= 15 is 0 Å². The van der Waals surface area contributed by atoms with Crippen LogP contribution < -0.4 is 5.32 Å². The van der Waals surface area contributed by atoms with Gasteiger partial charge in [-0.25, -0.2) is 4.79 Å². The third-order valence-corrected chi connectivity index (χ3v) is 3.15. The van der Waals surface area contributed by atoms with E-state index in [-0.39, 0.29) is 0 Å². The van der Waals surface area contributed by atoms with Gasteiger partial charge in [-0.2, -0.15) is 11.8 Å². The molecule has 0 saturated heterocycles. The van der Waals surface area contributed by atoms with E-state index in [0.29, 0.717) is 23.3 Å². The molecule has 0 aliphatic carbocycles. The Labute approximate surface area is 116 Å². The van der Waals surface area contributed by atoms with Crippen molar-refractivity contribution in [2.24, 2.45) is 0 Å². The van der Waals surface area contributed by atoms with Crippen LogP contribution in [0.3, 0.4) is 0 Å². The SMILES string of the molecule is [C]#Cc1ccc(C(=O)NC(CCSC)C(=O)O)cc1. The maximum absolute atomic E-state index is 11.9. The van der Waals surface area contributed by atoms with E-state index in [1.807, 2.05) is 6.26 Å². The van der Waals surface area contributed by atoms with E-state index in [9.17, 15) is 9.59 Å². The number of rotatable bonds is 6. The molecule has 0 aliphatic heterocycles. The number of carbonyl (C=O) groups is 2. The van der Waals surface area contributed by atoms with Crippen molar-refractivity contribution >= 4 is 23.6 Å². The monoisotopic (exact) mass is 276 g/mol. The number of hydrogen-bond acceptors (Lipinski definition) is 3. The van der Waals surface area contributed by atoms with Crippen molar-refractivity contribution in [1.82, 2.24) is 5.32 Å². The lowest BCUT2D eigenvalue weighted by molar-refractivity contribution is -0.139. The predicted octanol–water partition coefficient (Wildman–Crippen LogP) is 1.56. The molecule has 1 radical (unpaired) electrons. The maximum atomic E-state index is 11.9. The minimum atomic E-state index is -1.04. The second kappa shape index (κ2) is 7.49. The van der Waals surface area contributed by atoms with Crippen molar-refractivity contribution in [1.29, 1.82) is 0 Å². The average molecular weight is 276 g/mol. The summed E-state index contributed by atoms with van der Waals surface area (Å²) in [6.07, 6.45) is 9.20. The zero-order chi connectivity index (χ0) is 14.3. The number of carbonyl (C=O) groups excluding carboxylic acids is 1. The summed E-state index contributed by atoms with van der Waals surface area (Å²) < 4.78 is 0. The first-order valence-electron chi connectivity index (χ1n) is 5.64. The quantitative estimate of drug-likeness (QED) is 0.774. The van der Waals surface area contributed by atoms with Crippen molar-refractivity contribution in [2.45, 2.75) is 12.5 Å². The number of carboxylic acids is 1. The van der Waals surface area contributed by atoms with Gasteiger partial charge in [-0.15, -0.1) is 0 Å². The van der Waals surface area contributed by atoms with Crippen LogP contribution in [0.25, 0.3) is 0 Å². The fourth-order valence-corrected chi connectivity index (χ4v) is 1.91. The number of aliphatic carboxylic acids is 1. The van der Waals surface area contributed by atoms with Crippen LogP contribution in [0.5, 0.6) is 0 Å². The van der Waals surface area contributed by atoms with Gasteiger partial charge in [0.2, 0.25) is 0 Å². The van der Waals surface area contributed by atoms with Crippen LogP contribution in [-0.4, -0.2) is 35.0 Å². The summed E-state index contributed by atoms with van der Waals surface area (Å²) in [5.74, 6) is 1.41. The van der Waals surface area contributed by atoms with E-state index in [1.165, 1.54) is 11.8 Å². The molecule has 1 aromatic carbocycles. The van der Waals surface area contributed by atoms with Crippen molar-refractivity contribution in [3.8, 4) is 5.92 Å². The first-order valence-corrected chi connectivity index (χ1v) is 7.03. The van der Waals surface area contributed by atoms with E-state index in [1.54, 1.807) is 24.3 Å². The van der Waals surface area contributed by atoms with Gasteiger partial charge < -0.3 is 10.4 Å². The molecule has 4 nitrogen and oxygen atoms in total. The summed E-state index contributed by atoms with van der Waals surface area (Å²) >= 11 is 1.53. The Kier molecular flexibility index (Phi) is 5.97. The van der Waals surface area contributed by atoms with Crippen LogP contribution in [0.1, 0.15) is 22.3 Å². The van der Waals surface area contributed by atoms with Crippen LogP contribution in [0.2, 0.25) is 0 Å². The molecule has 19 heavy (non-hydrogen) atoms. The molecule has 2 N–H and O–H groups in total. The maximum Gasteiger partial charge on any atom is 0.326 e. The van der Waals surface area contributed by atoms with Gasteiger partial charge in [-0.3, -0.25) is 4.79 Å². The Balaban J connectivity index is 2.70. The van der Waals surface area contributed by atoms with Gasteiger partial charge in [0.05, 0.1) is 0 Å². The Hall–Kier alpha value is -1.93. The first kappa shape index (κ1) is 15.1. The van der Waals surface area contributed by atoms with Gasteiger partial charge >= 0.3 is 5.97 Å². The summed E-state index contributed by atoms with van der Waals surface area (Å²) in [5, 5.41) is 11.5. The molecule has 5 heteroatoms. The third kappa shape index (κ3) is 4.68. The van der Waals surface area contributed by atoms with Crippen molar-refractivity contribution in [2.75, 3.05) is 12.0 Å². The topological polar surface area (TPSA) is 66.4 Å². The minimum Gasteiger partial charge on any atom is -0.480 e. The number of hydrogen-bond donors (Lipinski definition) is 2. The van der Waals surface area contributed by atoms with Gasteiger partial charge in [0.1, 0.15) is 6.04 Å². The predicted molar refractivity (Wildman–Crippen MR) is 74.6 cm³/mol. The molecule has 1 aromatic rings. The summed E-state index contributed by atoms with van der Waals surface area (Å²) in [6, 6.07) is 5.37. The molecule has 0 aromatic heterocycles. The summed E-state index contributed by atoms with van der Waals surface area (Å²) in [7, 11) is 0. The van der Waals surface area contributed by atoms with Crippen molar-refractivity contribution < 1.29 is 14.7 Å². The highest BCUT2D eigenvalue weighted by molar-refractivity contribution is 7.98. The number of carboxylic acid groups (broad SMARTS) is 1. The first-order chi connectivity index (χ1) is 9.08. The summed E-state index contributed by atoms with van der Waals surface area (Å²) in [4.78, 5) is 22.9. The number of benzene rings is 1. The van der Waals surface area contributed by atoms with Gasteiger partial charge in [0, 0.05) is 11.1 Å². The largest absolute Gasteiger partial charge is 0.480 e. The molecule has 99 valence electrons. The van der Waals surface area contributed by atoms with Crippen LogP contribution >= 0.6 is 11.8 Å². The third-order valence-electron chi connectivity index (χ3n) is 2.51. The molecule has 0 heterocycles. The molecule has 0 aliphatic rings. The Bertz CT molecular complexity index is 490. The Morgan fingerprint density at radius 1 is 1.42 bits per heavy atom. The Morgan fingerprint density at radius 2 is 2.05 bits per heavy atom. The number of amides is 1. The smallest absolute Gasteiger partial charge is 0.326 e. The highest BCUT2D eigenvalue weighted by Crippen LogP contribution is 2.06. The van der Waals surface area contributed by atoms with Crippen molar-refractivity contribution in [3.05, 3.63) is 41.8 Å². The van der Waals surface area contributed by atoms with Crippen LogP contribution in [0.4, 0.5) is 0 Å². The van der Waals surface area contributed by atoms with Crippen LogP contribution in [-0.2, 0) is 4.79 Å². The molecule has 1 atom stereocenters. The molecule has 1 amide bonds. The normalized spacial score (nSPS) is 11.4. The van der Waals surface area contributed by atoms with E-state index in [0.717, 1.165) is 0 Å². The highest BCUT2D eigenvalue weighted by atomic mass is 32.2. The van der Waals surface area contributed by atoms with E-state index < -0.39 is 17.9 Å². The molecule has 0 saturated carbocycles. The van der Waals surface area contributed by atoms with Gasteiger partial charge in [-0.1, -0.05) is 5.92 Å². The fourth-order valence-electron chi connectivity index (χ4n) is 1.44. The summed E-state index contributed by atoms with van der Waals surface area (Å²) in [6.45, 7) is 0. The van der Waals surface area contributed by atoms with Gasteiger partial charge in [-0.05, 0) is 49.1 Å². The lowest BCUT2D eigenvalue weighted by atomic mass is 10.1. The lowest BCUT2D eigenvalue weighted by Gasteiger charge is -2.13. The van der Waals surface area contributed by atoms with E-state index in [2.05, 4.69) is 11.2 Å². The van der Waals surface area contributed by atoms with Gasteiger partial charge in [0.25, 0.3) is 5.91 Å². The highest BCUT2D eigenvalue weighted by Gasteiger charge is 2.19. The minimum absolute atomic E-state index is 0.370. The average Bonchev–Trinajstić information content (AvgIpc) is 2.43. The lowest BCUT2D eigenvalue weighted by Crippen LogP contribution is -2.41. The van der Waals surface area contributed by atoms with Gasteiger partial charge in [0.15, 0.2) is 0 Å². The molecular weight excluding hydrogens is 262 g/mol. The molecule has 0 bridgehead atoms.